The molecule has 9 heteroatoms. The Labute approximate surface area is 168 Å². The molecule has 0 aliphatic carbocycles. The summed E-state index contributed by atoms with van der Waals surface area (Å²) in [5.41, 5.74) is 0.600. The van der Waals surface area contributed by atoms with E-state index >= 15 is 0 Å². The van der Waals surface area contributed by atoms with Crippen LogP contribution in [0.3, 0.4) is 0 Å². The Bertz CT molecular complexity index is 1060. The molecule has 29 heavy (non-hydrogen) atoms. The second-order valence-corrected chi connectivity index (χ2v) is 8.55. The summed E-state index contributed by atoms with van der Waals surface area (Å²) < 4.78 is 32.5. The zero-order valence-corrected chi connectivity index (χ0v) is 16.7. The van der Waals surface area contributed by atoms with Gasteiger partial charge in [0.15, 0.2) is 0 Å². The van der Waals surface area contributed by atoms with E-state index in [0.717, 1.165) is 34.1 Å². The van der Waals surface area contributed by atoms with Gasteiger partial charge in [-0.1, -0.05) is 25.1 Å². The third-order valence-corrected chi connectivity index (χ3v) is 6.69. The molecule has 2 aromatic carbocycles. The van der Waals surface area contributed by atoms with Gasteiger partial charge in [-0.05, 0) is 42.2 Å². The molecule has 2 unspecified atom stereocenters. The maximum Gasteiger partial charge on any atom is 0.269 e. The van der Waals surface area contributed by atoms with Crippen molar-refractivity contribution in [2.24, 2.45) is 5.92 Å². The average Bonchev–Trinajstić information content (AvgIpc) is 2.70. The Balaban J connectivity index is 1.99. The first-order valence-electron chi connectivity index (χ1n) is 8.88. The number of hydrogen-bond donors (Lipinski definition) is 0. The molecule has 2 atom stereocenters. The first-order valence-corrected chi connectivity index (χ1v) is 10.3. The van der Waals surface area contributed by atoms with E-state index in [1.54, 1.807) is 31.4 Å². The van der Waals surface area contributed by atoms with Crippen LogP contribution in [0.5, 0.6) is 5.75 Å². The highest BCUT2D eigenvalue weighted by Gasteiger charge is 2.39. The second kappa shape index (κ2) is 8.04. The van der Waals surface area contributed by atoms with E-state index in [-0.39, 0.29) is 16.5 Å². The predicted octanol–water partition coefficient (Wildman–Crippen LogP) is 2.94. The first kappa shape index (κ1) is 20.5. The van der Waals surface area contributed by atoms with Crippen LogP contribution in [0.25, 0.3) is 0 Å². The van der Waals surface area contributed by atoms with Crippen molar-refractivity contribution in [3.05, 3.63) is 76.4 Å². The molecule has 0 aromatic heterocycles. The highest BCUT2D eigenvalue weighted by atomic mass is 32.2. The number of nitrogens with zero attached hydrogens (tertiary/aromatic N) is 2. The summed E-state index contributed by atoms with van der Waals surface area (Å²) >= 11 is 0. The molecule has 0 N–H and O–H groups in total. The number of benzene rings is 2. The van der Waals surface area contributed by atoms with Gasteiger partial charge in [-0.2, -0.15) is 0 Å². The van der Waals surface area contributed by atoms with Gasteiger partial charge in [-0.3, -0.25) is 14.9 Å². The van der Waals surface area contributed by atoms with Gasteiger partial charge in [0, 0.05) is 18.2 Å². The van der Waals surface area contributed by atoms with Crippen molar-refractivity contribution in [1.82, 2.24) is 4.31 Å². The number of amides is 1. The van der Waals surface area contributed by atoms with Gasteiger partial charge >= 0.3 is 0 Å². The minimum atomic E-state index is -4.19. The van der Waals surface area contributed by atoms with Crippen LogP contribution >= 0.6 is 0 Å². The molecule has 0 spiro atoms. The molecule has 3 rings (SSSR count). The Morgan fingerprint density at radius 2 is 1.86 bits per heavy atom. The number of carbonyl (C=O) groups excluding carboxylic acids is 1. The largest absolute Gasteiger partial charge is 0.497 e. The molecule has 1 aliphatic heterocycles. The van der Waals surface area contributed by atoms with Gasteiger partial charge in [-0.15, -0.1) is 0 Å². The van der Waals surface area contributed by atoms with E-state index in [4.69, 9.17) is 4.74 Å². The number of nitro groups is 1. The molecule has 0 saturated heterocycles. The number of sulfonamides is 1. The van der Waals surface area contributed by atoms with Crippen molar-refractivity contribution in [2.75, 3.05) is 7.11 Å². The number of carbonyl (C=O) groups is 1. The van der Waals surface area contributed by atoms with Crippen LogP contribution in [-0.2, 0) is 21.2 Å². The van der Waals surface area contributed by atoms with E-state index in [9.17, 15) is 23.3 Å². The van der Waals surface area contributed by atoms with Crippen molar-refractivity contribution in [3.63, 3.8) is 0 Å². The quantitative estimate of drug-likeness (QED) is 0.529. The molecule has 1 heterocycles. The van der Waals surface area contributed by atoms with Crippen LogP contribution < -0.4 is 4.74 Å². The number of methoxy groups -OCH3 is 1. The summed E-state index contributed by atoms with van der Waals surface area (Å²) in [5.74, 6) is -0.223. The Kier molecular flexibility index (Phi) is 5.69. The summed E-state index contributed by atoms with van der Waals surface area (Å²) in [5, 5.41) is 10.8. The zero-order valence-electron chi connectivity index (χ0n) is 15.9. The zero-order chi connectivity index (χ0) is 21.2. The summed E-state index contributed by atoms with van der Waals surface area (Å²) in [6, 6.07) is 11.1. The Morgan fingerprint density at radius 1 is 1.17 bits per heavy atom. The lowest BCUT2D eigenvalue weighted by molar-refractivity contribution is -0.384. The van der Waals surface area contributed by atoms with Crippen LogP contribution in [0, 0.1) is 16.0 Å². The molecule has 0 saturated carbocycles. The smallest absolute Gasteiger partial charge is 0.269 e. The van der Waals surface area contributed by atoms with Gasteiger partial charge in [0.2, 0.25) is 0 Å². The predicted molar refractivity (Wildman–Crippen MR) is 106 cm³/mol. The van der Waals surface area contributed by atoms with Crippen molar-refractivity contribution in [3.8, 4) is 5.75 Å². The summed E-state index contributed by atoms with van der Waals surface area (Å²) in [6.07, 6.45) is 3.24. The number of nitro benzene ring substituents is 1. The molecule has 0 fully saturated rings. The van der Waals surface area contributed by atoms with Gasteiger partial charge in [0.05, 0.1) is 23.0 Å². The monoisotopic (exact) mass is 416 g/mol. The van der Waals surface area contributed by atoms with Crippen molar-refractivity contribution in [1.29, 1.82) is 0 Å². The van der Waals surface area contributed by atoms with Crippen LogP contribution in [-0.4, -0.2) is 36.7 Å². The molecule has 0 bridgehead atoms. The normalized spacial score (nSPS) is 19.2. The third-order valence-electron chi connectivity index (χ3n) is 4.85. The summed E-state index contributed by atoms with van der Waals surface area (Å²) in [7, 11) is -2.65. The lowest BCUT2D eigenvalue weighted by Gasteiger charge is -2.36. The van der Waals surface area contributed by atoms with Gasteiger partial charge in [0.1, 0.15) is 5.75 Å². The van der Waals surface area contributed by atoms with Crippen LogP contribution in [0.15, 0.2) is 65.6 Å². The fourth-order valence-electron chi connectivity index (χ4n) is 3.27. The molecule has 0 radical (unpaired) electrons. The SMILES string of the molecule is COc1cccc(CC2C(C)C=CC(=O)N2S(=O)(=O)c2ccc([N+](=O)[O-])cc2)c1. The Morgan fingerprint density at radius 3 is 2.48 bits per heavy atom. The fourth-order valence-corrected chi connectivity index (χ4v) is 4.90. The van der Waals surface area contributed by atoms with Crippen LogP contribution in [0.4, 0.5) is 5.69 Å². The van der Waals surface area contributed by atoms with Gasteiger partial charge in [0.25, 0.3) is 21.6 Å². The minimum absolute atomic E-state index is 0.172. The Hall–Kier alpha value is -3.20. The molecule has 1 amide bonds. The van der Waals surface area contributed by atoms with Crippen molar-refractivity contribution >= 4 is 21.6 Å². The number of non-ortho nitro benzene ring substituents is 1. The minimum Gasteiger partial charge on any atom is -0.497 e. The standard InChI is InChI=1S/C20H20N2O6S/c1-14-6-11-20(23)21(19(14)13-15-4-3-5-17(12-15)28-2)29(26,27)18-9-7-16(8-10-18)22(24)25/h3-12,14,19H,13H2,1-2H3. The van der Waals surface area contributed by atoms with Crippen LogP contribution in [0.2, 0.25) is 0 Å². The van der Waals surface area contributed by atoms with Crippen molar-refractivity contribution < 1.29 is 22.9 Å². The van der Waals surface area contributed by atoms with E-state index in [2.05, 4.69) is 0 Å². The lowest BCUT2D eigenvalue weighted by atomic mass is 9.92. The summed E-state index contributed by atoms with van der Waals surface area (Å²) in [6.45, 7) is 1.84. The average molecular weight is 416 g/mol. The van der Waals surface area contributed by atoms with Gasteiger partial charge in [-0.25, -0.2) is 12.7 Å². The number of rotatable bonds is 6. The van der Waals surface area contributed by atoms with Crippen LogP contribution in [0.1, 0.15) is 12.5 Å². The maximum absolute atomic E-state index is 13.2. The topological polar surface area (TPSA) is 107 Å². The highest BCUT2D eigenvalue weighted by Crippen LogP contribution is 2.30. The summed E-state index contributed by atoms with van der Waals surface area (Å²) in [4.78, 5) is 22.6. The molecular formula is C20H20N2O6S. The third kappa shape index (κ3) is 4.14. The van der Waals surface area contributed by atoms with E-state index in [0.29, 0.717) is 12.2 Å². The number of hydrogen-bond acceptors (Lipinski definition) is 6. The van der Waals surface area contributed by atoms with Gasteiger partial charge < -0.3 is 4.74 Å². The second-order valence-electron chi connectivity index (χ2n) is 6.73. The van der Waals surface area contributed by atoms with E-state index in [1.807, 2.05) is 13.0 Å². The van der Waals surface area contributed by atoms with Crippen molar-refractivity contribution in [2.45, 2.75) is 24.3 Å². The molecular weight excluding hydrogens is 396 g/mol. The molecule has 1 aliphatic rings. The lowest BCUT2D eigenvalue weighted by Crippen LogP contribution is -2.49. The number of ether oxygens (including phenoxy) is 1. The molecule has 152 valence electrons. The highest BCUT2D eigenvalue weighted by molar-refractivity contribution is 7.89. The maximum atomic E-state index is 13.2. The van der Waals surface area contributed by atoms with E-state index < -0.39 is 26.9 Å². The first-order chi connectivity index (χ1) is 13.7. The molecule has 8 nitrogen and oxygen atoms in total. The molecule has 2 aromatic rings. The van der Waals surface area contributed by atoms with E-state index in [1.165, 1.54) is 6.08 Å². The fraction of sp³-hybridized carbons (Fsp3) is 0.250.